The molecule has 2 aromatic rings. The van der Waals surface area contributed by atoms with Crippen molar-refractivity contribution < 1.29 is 0 Å². The van der Waals surface area contributed by atoms with Crippen molar-refractivity contribution in [1.29, 1.82) is 0 Å². The molecule has 0 saturated carbocycles. The fourth-order valence-electron chi connectivity index (χ4n) is 2.48. The average Bonchev–Trinajstić information content (AvgIpc) is 2.38. The van der Waals surface area contributed by atoms with E-state index in [-0.39, 0.29) is 12.4 Å². The van der Waals surface area contributed by atoms with Gasteiger partial charge in [0.1, 0.15) is 0 Å². The summed E-state index contributed by atoms with van der Waals surface area (Å²) in [4.78, 5) is 1.98. The summed E-state index contributed by atoms with van der Waals surface area (Å²) < 4.78 is 0. The Labute approximate surface area is 112 Å². The van der Waals surface area contributed by atoms with Gasteiger partial charge in [-0.05, 0) is 21.9 Å². The number of hydrogen-bond donors (Lipinski definition) is 2. The number of rotatable bonds is 0. The number of guanidine groups is 1. The van der Waals surface area contributed by atoms with Crippen LogP contribution < -0.4 is 11.6 Å². The fraction of sp³-hybridized carbons (Fsp3) is 0.154. The zero-order valence-electron chi connectivity index (χ0n) is 9.84. The zero-order chi connectivity index (χ0) is 11.8. The average molecular weight is 263 g/mol. The number of hydrogen-bond acceptors (Lipinski definition) is 2. The lowest BCUT2D eigenvalue weighted by Crippen LogP contribution is -2.38. The first-order valence-corrected chi connectivity index (χ1v) is 5.57. The Hall–Kier alpha value is -1.94. The van der Waals surface area contributed by atoms with E-state index in [2.05, 4.69) is 41.5 Å². The monoisotopic (exact) mass is 262 g/mol. The van der Waals surface area contributed by atoms with E-state index in [9.17, 15) is 0 Å². The first kappa shape index (κ1) is 12.5. The molecule has 1 heterocycles. The Balaban J connectivity index is 0.00000120. The lowest BCUT2D eigenvalue weighted by atomic mass is 9.95. The highest BCUT2D eigenvalue weighted by Crippen LogP contribution is 2.29. The number of hydrazone groups is 1. The van der Waals surface area contributed by atoms with Gasteiger partial charge in [-0.25, -0.2) is 0 Å². The van der Waals surface area contributed by atoms with E-state index in [1.807, 2.05) is 4.90 Å². The van der Waals surface area contributed by atoms with Crippen molar-refractivity contribution in [2.75, 3.05) is 0 Å². The van der Waals surface area contributed by atoms with E-state index < -0.39 is 0 Å². The Kier molecular flexibility index (Phi) is 3.30. The van der Waals surface area contributed by atoms with E-state index in [0.717, 1.165) is 13.1 Å². The minimum atomic E-state index is 0. The second-order valence-electron chi connectivity index (χ2n) is 4.28. The minimum Gasteiger partial charge on any atom is -0.368 e. The third kappa shape index (κ3) is 1.84. The second kappa shape index (κ2) is 4.74. The van der Waals surface area contributed by atoms with E-state index in [4.69, 9.17) is 11.6 Å². The normalized spacial score (nSPS) is 14.4. The summed E-state index contributed by atoms with van der Waals surface area (Å²) in [7, 11) is 0. The maximum Gasteiger partial charge on any atom is 0.214 e. The number of benzene rings is 2. The summed E-state index contributed by atoms with van der Waals surface area (Å²) in [6.07, 6.45) is 0. The van der Waals surface area contributed by atoms with Gasteiger partial charge in [-0.3, -0.25) is 0 Å². The Morgan fingerprint density at radius 1 is 1.06 bits per heavy atom. The molecule has 0 radical (unpaired) electrons. The molecule has 0 aliphatic carbocycles. The predicted molar refractivity (Wildman–Crippen MR) is 76.3 cm³/mol. The molecule has 0 bridgehead atoms. The number of nitrogens with two attached hydrogens (primary N) is 2. The Morgan fingerprint density at radius 2 is 1.61 bits per heavy atom. The van der Waals surface area contributed by atoms with E-state index in [1.165, 1.54) is 21.9 Å². The number of halogens is 1. The van der Waals surface area contributed by atoms with Crippen LogP contribution in [-0.2, 0) is 13.1 Å². The molecular weight excluding hydrogens is 248 g/mol. The first-order valence-electron chi connectivity index (χ1n) is 5.57. The van der Waals surface area contributed by atoms with Crippen LogP contribution in [0.2, 0.25) is 0 Å². The second-order valence-corrected chi connectivity index (χ2v) is 4.28. The predicted octanol–water partition coefficient (Wildman–Crippen LogP) is 1.77. The van der Waals surface area contributed by atoms with Crippen LogP contribution in [0.4, 0.5) is 0 Å². The van der Waals surface area contributed by atoms with Crippen molar-refractivity contribution >= 4 is 29.1 Å². The summed E-state index contributed by atoms with van der Waals surface area (Å²) in [6, 6.07) is 12.7. The molecule has 0 fully saturated rings. The molecule has 94 valence electrons. The zero-order valence-corrected chi connectivity index (χ0v) is 10.7. The Morgan fingerprint density at radius 3 is 2.11 bits per heavy atom. The standard InChI is InChI=1S/C13H14N4.ClH/c14-13(16-15)17-7-10-5-1-3-9-4-2-6-11(8-17)12(9)10;/h1-6H,7-8,15H2,(H2,14,16);1H. The largest absolute Gasteiger partial charge is 0.368 e. The van der Waals surface area contributed by atoms with Gasteiger partial charge in [-0.15, -0.1) is 17.5 Å². The maximum absolute atomic E-state index is 5.78. The van der Waals surface area contributed by atoms with Crippen LogP contribution in [0.25, 0.3) is 10.8 Å². The van der Waals surface area contributed by atoms with Gasteiger partial charge < -0.3 is 16.5 Å². The van der Waals surface area contributed by atoms with Gasteiger partial charge in [0.25, 0.3) is 0 Å². The molecule has 0 saturated heterocycles. The summed E-state index contributed by atoms with van der Waals surface area (Å²) in [6.45, 7) is 1.53. The highest BCUT2D eigenvalue weighted by atomic mass is 35.5. The van der Waals surface area contributed by atoms with Gasteiger partial charge in [0, 0.05) is 13.1 Å². The molecule has 5 heteroatoms. The van der Waals surface area contributed by atoms with Gasteiger partial charge in [0.2, 0.25) is 5.96 Å². The van der Waals surface area contributed by atoms with Gasteiger partial charge in [-0.2, -0.15) is 0 Å². The van der Waals surface area contributed by atoms with Crippen LogP contribution in [0.5, 0.6) is 0 Å². The van der Waals surface area contributed by atoms with Gasteiger partial charge in [-0.1, -0.05) is 36.4 Å². The molecule has 4 N–H and O–H groups in total. The Bertz CT molecular complexity index is 568. The highest BCUT2D eigenvalue weighted by molar-refractivity contribution is 5.91. The van der Waals surface area contributed by atoms with Crippen molar-refractivity contribution in [3.8, 4) is 0 Å². The van der Waals surface area contributed by atoms with Crippen LogP contribution >= 0.6 is 12.4 Å². The molecule has 4 nitrogen and oxygen atoms in total. The van der Waals surface area contributed by atoms with E-state index in [0.29, 0.717) is 5.96 Å². The lowest BCUT2D eigenvalue weighted by Gasteiger charge is -2.29. The molecule has 1 aliphatic heterocycles. The van der Waals surface area contributed by atoms with Crippen LogP contribution in [0, 0.1) is 0 Å². The SMILES string of the molecule is Cl.N/N=C(/N)N1Cc2cccc3cccc(c23)C1. The topological polar surface area (TPSA) is 67.6 Å². The quantitative estimate of drug-likeness (QED) is 0.329. The first-order chi connectivity index (χ1) is 8.29. The van der Waals surface area contributed by atoms with Gasteiger partial charge in [0.05, 0.1) is 0 Å². The third-order valence-electron chi connectivity index (χ3n) is 3.26. The van der Waals surface area contributed by atoms with Crippen molar-refractivity contribution in [3.05, 3.63) is 47.5 Å². The molecule has 0 aromatic heterocycles. The molecule has 0 amide bonds. The van der Waals surface area contributed by atoms with E-state index >= 15 is 0 Å². The molecule has 3 rings (SSSR count). The van der Waals surface area contributed by atoms with Crippen molar-refractivity contribution in [3.63, 3.8) is 0 Å². The van der Waals surface area contributed by atoms with Crippen LogP contribution in [0.15, 0.2) is 41.5 Å². The minimum absolute atomic E-state index is 0. The molecular formula is C13H15ClN4. The van der Waals surface area contributed by atoms with Crippen LogP contribution in [-0.4, -0.2) is 10.9 Å². The van der Waals surface area contributed by atoms with Crippen molar-refractivity contribution in [1.82, 2.24) is 4.90 Å². The van der Waals surface area contributed by atoms with Gasteiger partial charge >= 0.3 is 0 Å². The molecule has 18 heavy (non-hydrogen) atoms. The van der Waals surface area contributed by atoms with E-state index in [1.54, 1.807) is 0 Å². The molecule has 2 aromatic carbocycles. The lowest BCUT2D eigenvalue weighted by molar-refractivity contribution is 0.394. The summed E-state index contributed by atoms with van der Waals surface area (Å²) in [5.41, 5.74) is 8.33. The molecule has 0 atom stereocenters. The van der Waals surface area contributed by atoms with Gasteiger partial charge in [0.15, 0.2) is 0 Å². The molecule has 0 unspecified atom stereocenters. The summed E-state index contributed by atoms with van der Waals surface area (Å²) >= 11 is 0. The number of nitrogens with zero attached hydrogens (tertiary/aromatic N) is 2. The third-order valence-corrected chi connectivity index (χ3v) is 3.26. The highest BCUT2D eigenvalue weighted by Gasteiger charge is 2.19. The molecule has 0 spiro atoms. The van der Waals surface area contributed by atoms with Crippen molar-refractivity contribution in [2.45, 2.75) is 13.1 Å². The fourth-order valence-corrected chi connectivity index (χ4v) is 2.48. The summed E-state index contributed by atoms with van der Waals surface area (Å²) in [5, 5.41) is 6.19. The van der Waals surface area contributed by atoms with Crippen molar-refractivity contribution in [2.24, 2.45) is 16.7 Å². The summed E-state index contributed by atoms with van der Waals surface area (Å²) in [5.74, 6) is 5.63. The smallest absolute Gasteiger partial charge is 0.214 e. The maximum atomic E-state index is 5.78. The van der Waals surface area contributed by atoms with Crippen LogP contribution in [0.1, 0.15) is 11.1 Å². The molecule has 1 aliphatic rings. The van der Waals surface area contributed by atoms with Crippen LogP contribution in [0.3, 0.4) is 0 Å².